The van der Waals surface area contributed by atoms with Crippen molar-refractivity contribution in [3.05, 3.63) is 35.3 Å². The Morgan fingerprint density at radius 2 is 2.24 bits per heavy atom. The van der Waals surface area contributed by atoms with Gasteiger partial charge in [-0.1, -0.05) is 23.3 Å². The maximum Gasteiger partial charge on any atom is 0.257 e. The quantitative estimate of drug-likeness (QED) is 0.789. The first-order valence-electron chi connectivity index (χ1n) is 5.63. The molecule has 2 N–H and O–H groups in total. The Kier molecular flexibility index (Phi) is 4.64. The number of terminal acetylenes is 1. The Morgan fingerprint density at radius 1 is 1.43 bits per heavy atom. The number of carbonyl (C=O) groups excluding carboxylic acids is 1. The van der Waals surface area contributed by atoms with Gasteiger partial charge in [-0.3, -0.25) is 10.1 Å². The lowest BCUT2D eigenvalue weighted by molar-refractivity contribution is 0.102. The summed E-state index contributed by atoms with van der Waals surface area (Å²) in [5.41, 5.74) is 1.66. The SMILES string of the molecule is C#CCNS(=O)(=O)c1cccc(C(=O)Nc2nncs2)c1. The molecule has 1 aromatic heterocycles. The van der Waals surface area contributed by atoms with E-state index in [-0.39, 0.29) is 17.0 Å². The molecular formula is C12H10N4O3S2. The molecule has 1 amide bonds. The molecule has 9 heteroatoms. The van der Waals surface area contributed by atoms with E-state index in [0.717, 1.165) is 11.3 Å². The van der Waals surface area contributed by atoms with Crippen LogP contribution >= 0.6 is 11.3 Å². The van der Waals surface area contributed by atoms with Gasteiger partial charge in [0.2, 0.25) is 15.2 Å². The number of hydrogen-bond acceptors (Lipinski definition) is 6. The molecule has 0 saturated heterocycles. The lowest BCUT2D eigenvalue weighted by atomic mass is 10.2. The van der Waals surface area contributed by atoms with Crippen molar-refractivity contribution in [1.29, 1.82) is 0 Å². The van der Waals surface area contributed by atoms with Crippen molar-refractivity contribution in [2.75, 3.05) is 11.9 Å². The summed E-state index contributed by atoms with van der Waals surface area (Å²) in [6, 6.07) is 5.60. The van der Waals surface area contributed by atoms with E-state index in [2.05, 4.69) is 26.2 Å². The van der Waals surface area contributed by atoms with Gasteiger partial charge in [0.05, 0.1) is 11.4 Å². The lowest BCUT2D eigenvalue weighted by Crippen LogP contribution is -2.24. The maximum atomic E-state index is 12.0. The fraction of sp³-hybridized carbons (Fsp3) is 0.0833. The topological polar surface area (TPSA) is 101 Å². The van der Waals surface area contributed by atoms with Crippen LogP contribution in [0, 0.1) is 12.3 Å². The predicted octanol–water partition coefficient (Wildman–Crippen LogP) is 0.702. The van der Waals surface area contributed by atoms with E-state index in [9.17, 15) is 13.2 Å². The highest BCUT2D eigenvalue weighted by Crippen LogP contribution is 2.14. The smallest absolute Gasteiger partial charge is 0.257 e. The summed E-state index contributed by atoms with van der Waals surface area (Å²) >= 11 is 1.16. The minimum Gasteiger partial charge on any atom is -0.296 e. The van der Waals surface area contributed by atoms with Gasteiger partial charge in [0, 0.05) is 5.56 Å². The Bertz CT molecular complexity index is 779. The van der Waals surface area contributed by atoms with Gasteiger partial charge in [0.15, 0.2) is 0 Å². The van der Waals surface area contributed by atoms with Gasteiger partial charge in [-0.2, -0.15) is 4.72 Å². The Morgan fingerprint density at radius 3 is 2.90 bits per heavy atom. The van der Waals surface area contributed by atoms with Crippen LogP contribution in [-0.4, -0.2) is 31.1 Å². The van der Waals surface area contributed by atoms with Crippen LogP contribution in [-0.2, 0) is 10.0 Å². The molecule has 1 heterocycles. The van der Waals surface area contributed by atoms with Gasteiger partial charge in [0.1, 0.15) is 5.51 Å². The second-order valence-electron chi connectivity index (χ2n) is 3.75. The number of aromatic nitrogens is 2. The first-order chi connectivity index (χ1) is 10.0. The molecule has 2 rings (SSSR count). The second kappa shape index (κ2) is 6.45. The summed E-state index contributed by atoms with van der Waals surface area (Å²) < 4.78 is 26.1. The van der Waals surface area contributed by atoms with Crippen LogP contribution in [0.4, 0.5) is 5.13 Å². The van der Waals surface area contributed by atoms with Crippen molar-refractivity contribution in [3.63, 3.8) is 0 Å². The summed E-state index contributed by atoms with van der Waals surface area (Å²) in [5, 5.41) is 10.1. The zero-order valence-electron chi connectivity index (χ0n) is 10.6. The zero-order valence-corrected chi connectivity index (χ0v) is 12.2. The molecule has 0 spiro atoms. The summed E-state index contributed by atoms with van der Waals surface area (Å²) in [5.74, 6) is 1.71. The molecule has 0 aliphatic carbocycles. The molecule has 2 aromatic rings. The minimum atomic E-state index is -3.74. The van der Waals surface area contributed by atoms with Crippen molar-refractivity contribution in [2.24, 2.45) is 0 Å². The van der Waals surface area contributed by atoms with Crippen molar-refractivity contribution in [2.45, 2.75) is 4.90 Å². The van der Waals surface area contributed by atoms with Crippen LogP contribution < -0.4 is 10.0 Å². The van der Waals surface area contributed by atoms with E-state index in [1.807, 2.05) is 0 Å². The number of rotatable bonds is 5. The summed E-state index contributed by atoms with van der Waals surface area (Å²) in [6.45, 7) is -0.121. The minimum absolute atomic E-state index is 0.0392. The number of amides is 1. The predicted molar refractivity (Wildman–Crippen MR) is 78.3 cm³/mol. The van der Waals surface area contributed by atoms with Gasteiger partial charge < -0.3 is 0 Å². The third-order valence-electron chi connectivity index (χ3n) is 2.35. The van der Waals surface area contributed by atoms with Crippen LogP contribution in [0.2, 0.25) is 0 Å². The number of anilines is 1. The van der Waals surface area contributed by atoms with Gasteiger partial charge >= 0.3 is 0 Å². The average molecular weight is 322 g/mol. The van der Waals surface area contributed by atoms with Crippen LogP contribution in [0.1, 0.15) is 10.4 Å². The molecular weight excluding hydrogens is 312 g/mol. The van der Waals surface area contributed by atoms with E-state index in [4.69, 9.17) is 6.42 Å². The molecule has 108 valence electrons. The molecule has 0 unspecified atom stereocenters. The highest BCUT2D eigenvalue weighted by atomic mass is 32.2. The number of carbonyl (C=O) groups is 1. The molecule has 0 radical (unpaired) electrons. The standard InChI is InChI=1S/C12H10N4O3S2/c1-2-6-14-21(18,19)10-5-3-4-9(7-10)11(17)15-12-16-13-8-20-12/h1,3-5,7-8,14H,6H2,(H,15,16,17). The Labute approximate surface area is 125 Å². The number of nitrogens with zero attached hydrogens (tertiary/aromatic N) is 2. The fourth-order valence-corrected chi connectivity index (χ4v) is 2.84. The molecule has 0 atom stereocenters. The largest absolute Gasteiger partial charge is 0.296 e. The number of benzene rings is 1. The zero-order chi connectivity index (χ0) is 15.3. The summed E-state index contributed by atoms with van der Waals surface area (Å²) in [7, 11) is -3.74. The molecule has 0 aliphatic heterocycles. The van der Waals surface area contributed by atoms with Gasteiger partial charge in [-0.05, 0) is 18.2 Å². The second-order valence-corrected chi connectivity index (χ2v) is 6.35. The van der Waals surface area contributed by atoms with Gasteiger partial charge in [0.25, 0.3) is 5.91 Å². The Balaban J connectivity index is 2.21. The molecule has 0 fully saturated rings. The molecule has 0 saturated carbocycles. The first-order valence-corrected chi connectivity index (χ1v) is 8.00. The van der Waals surface area contributed by atoms with E-state index in [1.165, 1.54) is 29.8 Å². The monoisotopic (exact) mass is 322 g/mol. The third-order valence-corrected chi connectivity index (χ3v) is 4.36. The van der Waals surface area contributed by atoms with E-state index >= 15 is 0 Å². The molecule has 0 bridgehead atoms. The van der Waals surface area contributed by atoms with Crippen molar-refractivity contribution < 1.29 is 13.2 Å². The van der Waals surface area contributed by atoms with Crippen molar-refractivity contribution in [3.8, 4) is 12.3 Å². The van der Waals surface area contributed by atoms with Crippen LogP contribution in [0.15, 0.2) is 34.7 Å². The average Bonchev–Trinajstić information content (AvgIpc) is 2.98. The first kappa shape index (κ1) is 15.1. The van der Waals surface area contributed by atoms with Crippen LogP contribution in [0.25, 0.3) is 0 Å². The number of hydrogen-bond donors (Lipinski definition) is 2. The fourth-order valence-electron chi connectivity index (χ4n) is 1.42. The number of sulfonamides is 1. The molecule has 1 aromatic carbocycles. The third kappa shape index (κ3) is 3.85. The van der Waals surface area contributed by atoms with Crippen LogP contribution in [0.5, 0.6) is 0 Å². The molecule has 21 heavy (non-hydrogen) atoms. The summed E-state index contributed by atoms with van der Waals surface area (Å²) in [6.07, 6.45) is 5.01. The number of nitrogens with one attached hydrogen (secondary N) is 2. The van der Waals surface area contributed by atoms with Crippen molar-refractivity contribution >= 4 is 32.4 Å². The van der Waals surface area contributed by atoms with Crippen LogP contribution in [0.3, 0.4) is 0 Å². The summed E-state index contributed by atoms with van der Waals surface area (Å²) in [4.78, 5) is 11.9. The van der Waals surface area contributed by atoms with E-state index in [1.54, 1.807) is 0 Å². The Hall–Kier alpha value is -2.28. The van der Waals surface area contributed by atoms with Crippen molar-refractivity contribution in [1.82, 2.24) is 14.9 Å². The lowest BCUT2D eigenvalue weighted by Gasteiger charge is -2.06. The highest BCUT2D eigenvalue weighted by Gasteiger charge is 2.16. The van der Waals surface area contributed by atoms with E-state index in [0.29, 0.717) is 5.13 Å². The highest BCUT2D eigenvalue weighted by molar-refractivity contribution is 7.89. The normalized spacial score (nSPS) is 10.8. The van der Waals surface area contributed by atoms with Gasteiger partial charge in [-0.15, -0.1) is 16.6 Å². The molecule has 0 aliphatic rings. The maximum absolute atomic E-state index is 12.0. The molecule has 7 nitrogen and oxygen atoms in total. The van der Waals surface area contributed by atoms with Gasteiger partial charge in [-0.25, -0.2) is 8.42 Å². The van der Waals surface area contributed by atoms with E-state index < -0.39 is 15.9 Å².